The fraction of sp³-hybridized carbons (Fsp3) is 0.222. The highest BCUT2D eigenvalue weighted by atomic mass is 32.2. The van der Waals surface area contributed by atoms with Crippen LogP contribution in [0.4, 0.5) is 29.3 Å². The summed E-state index contributed by atoms with van der Waals surface area (Å²) < 4.78 is 48.4. The van der Waals surface area contributed by atoms with Crippen LogP contribution in [0.2, 0.25) is 0 Å². The molecule has 0 heterocycles. The van der Waals surface area contributed by atoms with Crippen LogP contribution in [0.25, 0.3) is 0 Å². The summed E-state index contributed by atoms with van der Waals surface area (Å²) in [6.45, 7) is 2.00. The Hall–Kier alpha value is -4.19. The van der Waals surface area contributed by atoms with Gasteiger partial charge in [-0.2, -0.15) is 13.2 Å². The standard InChI is InChI=1S/C27H25F3N2O6S/c1-2-37-22-6-4-3-5-21(22)24(33)31-18-11-13-20(14-12-18)39-23(25(34)35)15-16-38-26(36)32-19-9-7-17(8-10-19)27(28,29)30/h3-14,23H,2,15-16H2,1H3,(H,31,33)(H,32,36)(H,34,35). The summed E-state index contributed by atoms with van der Waals surface area (Å²) in [5.41, 5.74) is 0.132. The van der Waals surface area contributed by atoms with Gasteiger partial charge in [0.05, 0.1) is 24.3 Å². The lowest BCUT2D eigenvalue weighted by Crippen LogP contribution is -2.21. The number of rotatable bonds is 11. The van der Waals surface area contributed by atoms with Crippen LogP contribution in [0.1, 0.15) is 29.3 Å². The molecule has 3 aromatic rings. The number of halogens is 3. The van der Waals surface area contributed by atoms with Gasteiger partial charge in [-0.15, -0.1) is 11.8 Å². The number of carbonyl (C=O) groups excluding carboxylic acids is 2. The Morgan fingerprint density at radius 3 is 2.15 bits per heavy atom. The summed E-state index contributed by atoms with van der Waals surface area (Å²) >= 11 is 1.04. The van der Waals surface area contributed by atoms with Crippen molar-refractivity contribution in [2.24, 2.45) is 0 Å². The third kappa shape index (κ3) is 8.95. The lowest BCUT2D eigenvalue weighted by molar-refractivity contribution is -0.138. The number of alkyl halides is 3. The molecule has 12 heteroatoms. The Balaban J connectivity index is 1.49. The van der Waals surface area contributed by atoms with Crippen LogP contribution in [0.5, 0.6) is 5.75 Å². The van der Waals surface area contributed by atoms with Crippen molar-refractivity contribution < 1.29 is 42.1 Å². The van der Waals surface area contributed by atoms with Gasteiger partial charge >= 0.3 is 18.2 Å². The first kappa shape index (κ1) is 29.4. The number of carbonyl (C=O) groups is 3. The van der Waals surface area contributed by atoms with Gasteiger partial charge in [-0.05, 0) is 67.6 Å². The number of anilines is 2. The fourth-order valence-corrected chi connectivity index (χ4v) is 4.24. The molecule has 206 valence electrons. The minimum Gasteiger partial charge on any atom is -0.493 e. The van der Waals surface area contributed by atoms with Gasteiger partial charge in [-0.25, -0.2) is 4.79 Å². The number of hydrogen-bond donors (Lipinski definition) is 3. The average Bonchev–Trinajstić information content (AvgIpc) is 2.89. The molecule has 0 spiro atoms. The molecule has 2 amide bonds. The number of aliphatic carboxylic acids is 1. The van der Waals surface area contributed by atoms with Crippen molar-refractivity contribution in [3.63, 3.8) is 0 Å². The number of thioether (sulfide) groups is 1. The lowest BCUT2D eigenvalue weighted by atomic mass is 10.2. The second-order valence-electron chi connectivity index (χ2n) is 7.98. The first-order valence-corrected chi connectivity index (χ1v) is 12.6. The fourth-order valence-electron chi connectivity index (χ4n) is 3.30. The second kappa shape index (κ2) is 13.6. The number of hydrogen-bond acceptors (Lipinski definition) is 6. The summed E-state index contributed by atoms with van der Waals surface area (Å²) in [4.78, 5) is 36.9. The SMILES string of the molecule is CCOc1ccccc1C(=O)Nc1ccc(SC(CCOC(=O)Nc2ccc(C(F)(F)F)cc2)C(=O)O)cc1. The molecular weight excluding hydrogens is 537 g/mol. The summed E-state index contributed by atoms with van der Waals surface area (Å²) in [5, 5.41) is 13.7. The summed E-state index contributed by atoms with van der Waals surface area (Å²) in [5.74, 6) is -1.00. The van der Waals surface area contributed by atoms with Gasteiger partial charge in [-0.3, -0.25) is 14.9 Å². The predicted molar refractivity (Wildman–Crippen MR) is 140 cm³/mol. The van der Waals surface area contributed by atoms with Crippen molar-refractivity contribution in [3.05, 3.63) is 83.9 Å². The molecule has 0 bridgehead atoms. The van der Waals surface area contributed by atoms with E-state index in [-0.39, 0.29) is 24.6 Å². The largest absolute Gasteiger partial charge is 0.493 e. The molecule has 0 aliphatic carbocycles. The molecule has 3 N–H and O–H groups in total. The molecule has 3 rings (SSSR count). The van der Waals surface area contributed by atoms with E-state index < -0.39 is 29.1 Å². The third-order valence-corrected chi connectivity index (χ3v) is 6.44. The van der Waals surface area contributed by atoms with Crippen LogP contribution < -0.4 is 15.4 Å². The van der Waals surface area contributed by atoms with Gasteiger partial charge in [0.1, 0.15) is 11.0 Å². The Bertz CT molecular complexity index is 1280. The number of para-hydroxylation sites is 1. The molecule has 0 saturated carbocycles. The number of benzene rings is 3. The average molecular weight is 563 g/mol. The highest BCUT2D eigenvalue weighted by Gasteiger charge is 2.30. The second-order valence-corrected chi connectivity index (χ2v) is 9.25. The molecular formula is C27H25F3N2O6S. The molecule has 0 radical (unpaired) electrons. The molecule has 0 fully saturated rings. The van der Waals surface area contributed by atoms with Crippen LogP contribution in [0.15, 0.2) is 77.7 Å². The van der Waals surface area contributed by atoms with Crippen molar-refractivity contribution in [2.75, 3.05) is 23.8 Å². The molecule has 0 aliphatic heterocycles. The Morgan fingerprint density at radius 1 is 0.923 bits per heavy atom. The van der Waals surface area contributed by atoms with Crippen LogP contribution in [0, 0.1) is 0 Å². The normalized spacial score (nSPS) is 11.8. The van der Waals surface area contributed by atoms with E-state index >= 15 is 0 Å². The van der Waals surface area contributed by atoms with E-state index in [0.717, 1.165) is 36.0 Å². The zero-order valence-corrected chi connectivity index (χ0v) is 21.5. The maximum absolute atomic E-state index is 12.6. The number of amides is 2. The highest BCUT2D eigenvalue weighted by Crippen LogP contribution is 2.30. The maximum Gasteiger partial charge on any atom is 0.416 e. The number of nitrogens with one attached hydrogen (secondary N) is 2. The Kier molecular flexibility index (Phi) is 10.2. The molecule has 1 atom stereocenters. The van der Waals surface area contributed by atoms with Crippen molar-refractivity contribution in [3.8, 4) is 5.75 Å². The van der Waals surface area contributed by atoms with E-state index in [0.29, 0.717) is 28.5 Å². The molecule has 39 heavy (non-hydrogen) atoms. The van der Waals surface area contributed by atoms with E-state index in [1.165, 1.54) is 0 Å². The number of carboxylic acid groups (broad SMARTS) is 1. The van der Waals surface area contributed by atoms with Gasteiger partial charge < -0.3 is 19.9 Å². The van der Waals surface area contributed by atoms with E-state index in [1.54, 1.807) is 48.5 Å². The van der Waals surface area contributed by atoms with Gasteiger partial charge in [0.25, 0.3) is 5.91 Å². The first-order chi connectivity index (χ1) is 18.6. The molecule has 0 saturated heterocycles. The first-order valence-electron chi connectivity index (χ1n) is 11.7. The topological polar surface area (TPSA) is 114 Å². The third-order valence-electron chi connectivity index (χ3n) is 5.17. The Labute approximate surface area is 226 Å². The van der Waals surface area contributed by atoms with E-state index in [4.69, 9.17) is 9.47 Å². The molecule has 8 nitrogen and oxygen atoms in total. The molecule has 1 unspecified atom stereocenters. The van der Waals surface area contributed by atoms with Crippen LogP contribution in [-0.2, 0) is 15.7 Å². The van der Waals surface area contributed by atoms with Crippen molar-refractivity contribution in [1.29, 1.82) is 0 Å². The van der Waals surface area contributed by atoms with Crippen LogP contribution in [0.3, 0.4) is 0 Å². The zero-order valence-electron chi connectivity index (χ0n) is 20.7. The highest BCUT2D eigenvalue weighted by molar-refractivity contribution is 8.00. The summed E-state index contributed by atoms with van der Waals surface area (Å²) in [6.07, 6.45) is -5.44. The monoisotopic (exact) mass is 562 g/mol. The van der Waals surface area contributed by atoms with Gasteiger partial charge in [-0.1, -0.05) is 12.1 Å². The van der Waals surface area contributed by atoms with E-state index in [1.807, 2.05) is 6.92 Å². The van der Waals surface area contributed by atoms with Crippen LogP contribution in [-0.4, -0.2) is 41.5 Å². The van der Waals surface area contributed by atoms with E-state index in [2.05, 4.69) is 10.6 Å². The van der Waals surface area contributed by atoms with Gasteiger partial charge in [0.15, 0.2) is 0 Å². The molecule has 0 aliphatic rings. The van der Waals surface area contributed by atoms with Crippen LogP contribution >= 0.6 is 11.8 Å². The quantitative estimate of drug-likeness (QED) is 0.227. The Morgan fingerprint density at radius 2 is 1.54 bits per heavy atom. The van der Waals surface area contributed by atoms with Gasteiger partial charge in [0, 0.05) is 22.7 Å². The van der Waals surface area contributed by atoms with Gasteiger partial charge in [0.2, 0.25) is 0 Å². The maximum atomic E-state index is 12.6. The summed E-state index contributed by atoms with van der Waals surface area (Å²) in [7, 11) is 0. The van der Waals surface area contributed by atoms with E-state index in [9.17, 15) is 32.7 Å². The molecule has 0 aromatic heterocycles. The zero-order chi connectivity index (χ0) is 28.4. The minimum absolute atomic E-state index is 0.0207. The van der Waals surface area contributed by atoms with Crippen molar-refractivity contribution in [2.45, 2.75) is 29.7 Å². The number of ether oxygens (including phenoxy) is 2. The van der Waals surface area contributed by atoms with Crippen molar-refractivity contribution >= 4 is 41.1 Å². The summed E-state index contributed by atoms with van der Waals surface area (Å²) in [6, 6.07) is 17.2. The lowest BCUT2D eigenvalue weighted by Gasteiger charge is -2.14. The predicted octanol–water partition coefficient (Wildman–Crippen LogP) is 6.54. The minimum atomic E-state index is -4.49. The van der Waals surface area contributed by atoms with Crippen molar-refractivity contribution in [1.82, 2.24) is 0 Å². The number of carboxylic acids is 1. The smallest absolute Gasteiger partial charge is 0.416 e. The molecule has 3 aromatic carbocycles.